The van der Waals surface area contributed by atoms with E-state index in [-0.39, 0.29) is 24.0 Å². The minimum atomic E-state index is -0.385. The molecular formula is C21H18N4O3S. The molecule has 2 aromatic carbocycles. The molecule has 8 heteroatoms. The second-order valence-corrected chi connectivity index (χ2v) is 7.12. The molecule has 0 radical (unpaired) electrons. The van der Waals surface area contributed by atoms with Crippen LogP contribution in [-0.2, 0) is 6.54 Å². The third-order valence-electron chi connectivity index (χ3n) is 4.25. The highest BCUT2D eigenvalue weighted by atomic mass is 32.1. The lowest BCUT2D eigenvalue weighted by Gasteiger charge is -2.07. The van der Waals surface area contributed by atoms with Crippen LogP contribution in [0.1, 0.15) is 16.2 Å². The smallest absolute Gasteiger partial charge is 0.291 e. The number of rotatable bonds is 6. The number of aromatic nitrogens is 3. The summed E-state index contributed by atoms with van der Waals surface area (Å²) in [6, 6.07) is 18.4. The average Bonchev–Trinajstić information content (AvgIpc) is 3.43. The highest BCUT2D eigenvalue weighted by Gasteiger charge is 2.19. The van der Waals surface area contributed by atoms with Crippen LogP contribution in [0.5, 0.6) is 11.5 Å². The fraction of sp³-hybridized carbons (Fsp3) is 0.0952. The summed E-state index contributed by atoms with van der Waals surface area (Å²) in [5.74, 6) is 0.713. The number of nitrogens with one attached hydrogen (secondary N) is 1. The summed E-state index contributed by atoms with van der Waals surface area (Å²) in [4.78, 5) is 18.1. The summed E-state index contributed by atoms with van der Waals surface area (Å²) in [5.41, 5.74) is 1.61. The number of methoxy groups -OCH3 is 1. The molecule has 0 unspecified atom stereocenters. The number of benzene rings is 2. The van der Waals surface area contributed by atoms with E-state index in [1.165, 1.54) is 24.5 Å². The Morgan fingerprint density at radius 3 is 2.72 bits per heavy atom. The fourth-order valence-corrected chi connectivity index (χ4v) is 3.51. The third-order valence-corrected chi connectivity index (χ3v) is 5.12. The van der Waals surface area contributed by atoms with Gasteiger partial charge in [-0.1, -0.05) is 30.3 Å². The van der Waals surface area contributed by atoms with Crippen molar-refractivity contribution in [3.63, 3.8) is 0 Å². The van der Waals surface area contributed by atoms with Gasteiger partial charge in [0.2, 0.25) is 5.82 Å². The van der Waals surface area contributed by atoms with E-state index in [1.807, 2.05) is 47.8 Å². The van der Waals surface area contributed by atoms with E-state index >= 15 is 0 Å². The SMILES string of the molecule is COc1cc(CNC(=O)c2nc(-c3cccs3)n(-c3ccccc3)n2)ccc1O. The number of hydrogen-bond donors (Lipinski definition) is 2. The van der Waals surface area contributed by atoms with Gasteiger partial charge in [-0.3, -0.25) is 4.79 Å². The Bertz CT molecular complexity index is 1120. The van der Waals surface area contributed by atoms with E-state index in [0.717, 1.165) is 16.1 Å². The first-order valence-corrected chi connectivity index (χ1v) is 9.74. The highest BCUT2D eigenvalue weighted by Crippen LogP contribution is 2.27. The van der Waals surface area contributed by atoms with Crippen LogP contribution in [0.2, 0.25) is 0 Å². The van der Waals surface area contributed by atoms with Crippen molar-refractivity contribution in [2.24, 2.45) is 0 Å². The van der Waals surface area contributed by atoms with Gasteiger partial charge < -0.3 is 15.2 Å². The number of hydrogen-bond acceptors (Lipinski definition) is 6. The molecule has 0 aliphatic heterocycles. The summed E-state index contributed by atoms with van der Waals surface area (Å²) < 4.78 is 6.77. The molecule has 2 N–H and O–H groups in total. The van der Waals surface area contributed by atoms with E-state index in [4.69, 9.17) is 4.74 Å². The number of phenols is 1. The largest absolute Gasteiger partial charge is 0.504 e. The molecule has 0 spiro atoms. The van der Waals surface area contributed by atoms with Crippen molar-refractivity contribution < 1.29 is 14.6 Å². The minimum absolute atomic E-state index is 0.0476. The van der Waals surface area contributed by atoms with Crippen molar-refractivity contribution in [3.05, 3.63) is 77.4 Å². The van der Waals surface area contributed by atoms with Gasteiger partial charge in [-0.2, -0.15) is 0 Å². The van der Waals surface area contributed by atoms with Gasteiger partial charge in [0.15, 0.2) is 17.3 Å². The van der Waals surface area contributed by atoms with Gasteiger partial charge >= 0.3 is 0 Å². The van der Waals surface area contributed by atoms with Gasteiger partial charge in [0, 0.05) is 6.54 Å². The number of carbonyl (C=O) groups excluding carboxylic acids is 1. The zero-order valence-electron chi connectivity index (χ0n) is 15.6. The Balaban J connectivity index is 1.59. The maximum Gasteiger partial charge on any atom is 0.291 e. The second kappa shape index (κ2) is 8.15. The Labute approximate surface area is 171 Å². The molecule has 0 fully saturated rings. The predicted molar refractivity (Wildman–Crippen MR) is 111 cm³/mol. The third kappa shape index (κ3) is 3.97. The van der Waals surface area contributed by atoms with Crippen molar-refractivity contribution in [2.75, 3.05) is 7.11 Å². The topological polar surface area (TPSA) is 89.3 Å². The lowest BCUT2D eigenvalue weighted by atomic mass is 10.2. The summed E-state index contributed by atoms with van der Waals surface area (Å²) in [7, 11) is 1.48. The van der Waals surface area contributed by atoms with Crippen molar-refractivity contribution in [1.29, 1.82) is 0 Å². The Kier molecular flexibility index (Phi) is 5.26. The lowest BCUT2D eigenvalue weighted by molar-refractivity contribution is 0.0940. The van der Waals surface area contributed by atoms with E-state index < -0.39 is 0 Å². The molecule has 2 heterocycles. The number of thiophene rings is 1. The molecular weight excluding hydrogens is 388 g/mol. The Morgan fingerprint density at radius 2 is 2.00 bits per heavy atom. The molecule has 29 heavy (non-hydrogen) atoms. The number of nitrogens with zero attached hydrogens (tertiary/aromatic N) is 3. The first kappa shape index (κ1) is 18.7. The maximum atomic E-state index is 12.7. The standard InChI is InChI=1S/C21H18N4O3S/c1-28-17-12-14(9-10-16(17)26)13-22-21(27)19-23-20(18-8-5-11-29-18)25(24-19)15-6-3-2-4-7-15/h2-12,26H,13H2,1H3,(H,22,27). The molecule has 146 valence electrons. The van der Waals surface area contributed by atoms with Gasteiger partial charge in [-0.25, -0.2) is 9.67 Å². The van der Waals surface area contributed by atoms with Gasteiger partial charge in [0.05, 0.1) is 17.7 Å². The van der Waals surface area contributed by atoms with Crippen LogP contribution in [0.25, 0.3) is 16.4 Å². The van der Waals surface area contributed by atoms with Crippen LogP contribution in [0.3, 0.4) is 0 Å². The molecule has 4 aromatic rings. The van der Waals surface area contributed by atoms with Crippen molar-refractivity contribution in [2.45, 2.75) is 6.54 Å². The number of aromatic hydroxyl groups is 1. The minimum Gasteiger partial charge on any atom is -0.504 e. The fourth-order valence-electron chi connectivity index (χ4n) is 2.82. The first-order valence-electron chi connectivity index (χ1n) is 8.86. The second-order valence-electron chi connectivity index (χ2n) is 6.17. The van der Waals surface area contributed by atoms with Crippen LogP contribution in [-0.4, -0.2) is 32.9 Å². The molecule has 0 saturated heterocycles. The summed E-state index contributed by atoms with van der Waals surface area (Å²) in [5, 5.41) is 18.9. The van der Waals surface area contributed by atoms with Gasteiger partial charge in [0.1, 0.15) is 0 Å². The number of carbonyl (C=O) groups is 1. The number of ether oxygens (including phenoxy) is 1. The maximum absolute atomic E-state index is 12.7. The zero-order valence-corrected chi connectivity index (χ0v) is 16.4. The quantitative estimate of drug-likeness (QED) is 0.510. The van der Waals surface area contributed by atoms with Crippen LogP contribution in [0.15, 0.2) is 66.0 Å². The van der Waals surface area contributed by atoms with Gasteiger partial charge in [0.25, 0.3) is 5.91 Å². The van der Waals surface area contributed by atoms with Gasteiger partial charge in [-0.15, -0.1) is 16.4 Å². The number of phenolic OH excluding ortho intramolecular Hbond substituents is 1. The van der Waals surface area contributed by atoms with Crippen molar-refractivity contribution >= 4 is 17.2 Å². The monoisotopic (exact) mass is 406 g/mol. The van der Waals surface area contributed by atoms with Crippen molar-refractivity contribution in [3.8, 4) is 27.9 Å². The highest BCUT2D eigenvalue weighted by molar-refractivity contribution is 7.13. The lowest BCUT2D eigenvalue weighted by Crippen LogP contribution is -2.24. The predicted octanol–water partition coefficient (Wildman–Crippen LogP) is 3.64. The summed E-state index contributed by atoms with van der Waals surface area (Å²) in [6.45, 7) is 0.254. The molecule has 0 aliphatic rings. The molecule has 0 aliphatic carbocycles. The van der Waals surface area contributed by atoms with E-state index in [9.17, 15) is 9.90 Å². The molecule has 4 rings (SSSR count). The summed E-state index contributed by atoms with van der Waals surface area (Å²) in [6.07, 6.45) is 0. The summed E-state index contributed by atoms with van der Waals surface area (Å²) >= 11 is 1.53. The molecule has 0 bridgehead atoms. The van der Waals surface area contributed by atoms with Gasteiger partial charge in [-0.05, 0) is 41.3 Å². The zero-order chi connectivity index (χ0) is 20.2. The van der Waals surface area contributed by atoms with Crippen molar-refractivity contribution in [1.82, 2.24) is 20.1 Å². The number of amides is 1. The molecule has 2 aromatic heterocycles. The molecule has 0 saturated carbocycles. The van der Waals surface area contributed by atoms with E-state index in [2.05, 4.69) is 15.4 Å². The molecule has 1 amide bonds. The van der Waals surface area contributed by atoms with Crippen LogP contribution in [0.4, 0.5) is 0 Å². The average molecular weight is 406 g/mol. The number of para-hydroxylation sites is 1. The first-order chi connectivity index (χ1) is 14.2. The van der Waals surface area contributed by atoms with Crippen LogP contribution < -0.4 is 10.1 Å². The van der Waals surface area contributed by atoms with E-state index in [0.29, 0.717) is 11.6 Å². The Morgan fingerprint density at radius 1 is 1.17 bits per heavy atom. The molecule has 7 nitrogen and oxygen atoms in total. The Hall–Kier alpha value is -3.65. The van der Waals surface area contributed by atoms with Crippen LogP contribution in [0, 0.1) is 0 Å². The van der Waals surface area contributed by atoms with Crippen LogP contribution >= 0.6 is 11.3 Å². The normalized spacial score (nSPS) is 10.7. The van der Waals surface area contributed by atoms with E-state index in [1.54, 1.807) is 16.8 Å². The molecule has 0 atom stereocenters.